The van der Waals surface area contributed by atoms with Crippen molar-refractivity contribution in [1.29, 1.82) is 0 Å². The van der Waals surface area contributed by atoms with Gasteiger partial charge in [0, 0.05) is 0 Å². The van der Waals surface area contributed by atoms with Gasteiger partial charge < -0.3 is 4.74 Å². The Kier molecular flexibility index (Phi) is 2.46. The monoisotopic (exact) mass is 230 g/mol. The van der Waals surface area contributed by atoms with Gasteiger partial charge in [-0.25, -0.2) is 0 Å². The number of fused-ring (bicyclic) bond motifs is 1. The molecule has 0 heterocycles. The molecule has 17 heavy (non-hydrogen) atoms. The van der Waals surface area contributed by atoms with E-state index in [0.717, 1.165) is 17.6 Å². The third kappa shape index (κ3) is 2.34. The zero-order valence-corrected chi connectivity index (χ0v) is 11.1. The van der Waals surface area contributed by atoms with E-state index in [0.29, 0.717) is 6.10 Å². The molecule has 0 unspecified atom stereocenters. The van der Waals surface area contributed by atoms with Gasteiger partial charge in [0.2, 0.25) is 0 Å². The maximum atomic E-state index is 6.04. The quantitative estimate of drug-likeness (QED) is 0.741. The van der Waals surface area contributed by atoms with E-state index in [1.807, 2.05) is 0 Å². The zero-order chi connectivity index (χ0) is 12.0. The molecule has 1 aromatic carbocycles. The molecule has 0 aliphatic heterocycles. The van der Waals surface area contributed by atoms with Crippen LogP contribution in [-0.2, 0) is 5.41 Å². The lowest BCUT2D eigenvalue weighted by Gasteiger charge is -2.20. The SMILES string of the molecule is CC(C)(C)c1ccc(OC2C[C@@H]3C[C@H]3C2)cc1. The lowest BCUT2D eigenvalue weighted by molar-refractivity contribution is 0.194. The largest absolute Gasteiger partial charge is 0.490 e. The van der Waals surface area contributed by atoms with Crippen LogP contribution in [0.25, 0.3) is 0 Å². The highest BCUT2D eigenvalue weighted by Crippen LogP contribution is 2.52. The molecule has 0 N–H and O–H groups in total. The summed E-state index contributed by atoms with van der Waals surface area (Å²) in [5, 5.41) is 0. The van der Waals surface area contributed by atoms with E-state index >= 15 is 0 Å². The van der Waals surface area contributed by atoms with Crippen LogP contribution in [0.3, 0.4) is 0 Å². The first kappa shape index (κ1) is 11.1. The van der Waals surface area contributed by atoms with Gasteiger partial charge in [-0.1, -0.05) is 32.9 Å². The van der Waals surface area contributed by atoms with E-state index in [1.165, 1.54) is 24.8 Å². The van der Waals surface area contributed by atoms with Crippen molar-refractivity contribution in [2.24, 2.45) is 11.8 Å². The predicted octanol–water partition coefficient (Wildman–Crippen LogP) is 4.16. The Labute approximate surface area is 104 Å². The molecular formula is C16H22O. The van der Waals surface area contributed by atoms with Crippen molar-refractivity contribution in [3.05, 3.63) is 29.8 Å². The molecule has 0 spiro atoms. The fourth-order valence-corrected chi connectivity index (χ4v) is 2.98. The van der Waals surface area contributed by atoms with Crippen LogP contribution in [0, 0.1) is 11.8 Å². The standard InChI is InChI=1S/C16H22O/c1-16(2,3)13-4-6-14(7-5-13)17-15-9-11-8-12(11)10-15/h4-7,11-12,15H,8-10H2,1-3H3/t11-,12-/m0/s1. The van der Waals surface area contributed by atoms with E-state index in [-0.39, 0.29) is 5.41 Å². The first-order valence-corrected chi connectivity index (χ1v) is 6.79. The van der Waals surface area contributed by atoms with Gasteiger partial charge in [-0.05, 0) is 54.2 Å². The molecular weight excluding hydrogens is 208 g/mol. The summed E-state index contributed by atoms with van der Waals surface area (Å²) in [7, 11) is 0. The molecule has 2 saturated carbocycles. The van der Waals surface area contributed by atoms with E-state index in [9.17, 15) is 0 Å². The molecule has 92 valence electrons. The molecule has 2 fully saturated rings. The molecule has 0 saturated heterocycles. The van der Waals surface area contributed by atoms with Crippen LogP contribution < -0.4 is 4.74 Å². The smallest absolute Gasteiger partial charge is 0.119 e. The summed E-state index contributed by atoms with van der Waals surface area (Å²) >= 11 is 0. The third-order valence-corrected chi connectivity index (χ3v) is 4.22. The molecule has 3 rings (SSSR count). The highest BCUT2D eigenvalue weighted by atomic mass is 16.5. The molecule has 1 nitrogen and oxygen atoms in total. The van der Waals surface area contributed by atoms with Crippen molar-refractivity contribution in [2.45, 2.75) is 51.6 Å². The molecule has 2 aliphatic rings. The number of benzene rings is 1. The van der Waals surface area contributed by atoms with Gasteiger partial charge in [0.15, 0.2) is 0 Å². The average Bonchev–Trinajstić information content (AvgIpc) is 2.86. The maximum absolute atomic E-state index is 6.04. The van der Waals surface area contributed by atoms with Gasteiger partial charge in [0.05, 0.1) is 6.10 Å². The first-order chi connectivity index (χ1) is 8.02. The van der Waals surface area contributed by atoms with Crippen molar-refractivity contribution in [1.82, 2.24) is 0 Å². The van der Waals surface area contributed by atoms with Crippen molar-refractivity contribution in [3.63, 3.8) is 0 Å². The van der Waals surface area contributed by atoms with Crippen LogP contribution in [0.2, 0.25) is 0 Å². The summed E-state index contributed by atoms with van der Waals surface area (Å²) in [5.41, 5.74) is 1.60. The van der Waals surface area contributed by atoms with Crippen molar-refractivity contribution >= 4 is 0 Å². The van der Waals surface area contributed by atoms with Crippen LogP contribution in [0.1, 0.15) is 45.6 Å². The Morgan fingerprint density at radius 2 is 1.53 bits per heavy atom. The fourth-order valence-electron chi connectivity index (χ4n) is 2.98. The number of ether oxygens (including phenoxy) is 1. The van der Waals surface area contributed by atoms with E-state index in [2.05, 4.69) is 45.0 Å². The van der Waals surface area contributed by atoms with Crippen LogP contribution >= 0.6 is 0 Å². The van der Waals surface area contributed by atoms with E-state index in [1.54, 1.807) is 0 Å². The number of hydrogen-bond acceptors (Lipinski definition) is 1. The summed E-state index contributed by atoms with van der Waals surface area (Å²) < 4.78 is 6.04. The van der Waals surface area contributed by atoms with Gasteiger partial charge in [-0.3, -0.25) is 0 Å². The molecule has 0 amide bonds. The van der Waals surface area contributed by atoms with E-state index < -0.39 is 0 Å². The molecule has 2 atom stereocenters. The molecule has 0 radical (unpaired) electrons. The Hall–Kier alpha value is -0.980. The average molecular weight is 230 g/mol. The fraction of sp³-hybridized carbons (Fsp3) is 0.625. The second-order valence-corrected chi connectivity index (χ2v) is 6.74. The van der Waals surface area contributed by atoms with Crippen molar-refractivity contribution in [3.8, 4) is 5.75 Å². The Balaban J connectivity index is 1.64. The lowest BCUT2D eigenvalue weighted by atomic mass is 9.87. The van der Waals surface area contributed by atoms with Crippen molar-refractivity contribution in [2.75, 3.05) is 0 Å². The summed E-state index contributed by atoms with van der Waals surface area (Å²) in [6, 6.07) is 8.66. The second kappa shape index (κ2) is 3.76. The van der Waals surface area contributed by atoms with Crippen LogP contribution in [0.5, 0.6) is 5.75 Å². The van der Waals surface area contributed by atoms with Crippen LogP contribution in [-0.4, -0.2) is 6.10 Å². The molecule has 2 aliphatic carbocycles. The molecule has 1 heteroatoms. The second-order valence-electron chi connectivity index (χ2n) is 6.74. The minimum atomic E-state index is 0.230. The molecule has 1 aromatic rings. The Morgan fingerprint density at radius 1 is 0.941 bits per heavy atom. The normalized spacial score (nSPS) is 27.9. The topological polar surface area (TPSA) is 9.23 Å². The molecule has 0 bridgehead atoms. The number of rotatable bonds is 2. The zero-order valence-electron chi connectivity index (χ0n) is 11.1. The first-order valence-electron chi connectivity index (χ1n) is 6.79. The molecule has 0 aromatic heterocycles. The lowest BCUT2D eigenvalue weighted by Crippen LogP contribution is -2.14. The van der Waals surface area contributed by atoms with Crippen molar-refractivity contribution < 1.29 is 4.74 Å². The van der Waals surface area contributed by atoms with Gasteiger partial charge in [-0.2, -0.15) is 0 Å². The van der Waals surface area contributed by atoms with Gasteiger partial charge in [-0.15, -0.1) is 0 Å². The minimum absolute atomic E-state index is 0.230. The Morgan fingerprint density at radius 3 is 2.06 bits per heavy atom. The highest BCUT2D eigenvalue weighted by Gasteiger charge is 2.46. The van der Waals surface area contributed by atoms with Gasteiger partial charge in [0.1, 0.15) is 5.75 Å². The maximum Gasteiger partial charge on any atom is 0.119 e. The number of hydrogen-bond donors (Lipinski definition) is 0. The Bertz CT molecular complexity index is 389. The van der Waals surface area contributed by atoms with E-state index in [4.69, 9.17) is 4.74 Å². The summed E-state index contributed by atoms with van der Waals surface area (Å²) in [5.74, 6) is 3.03. The summed E-state index contributed by atoms with van der Waals surface area (Å²) in [4.78, 5) is 0. The van der Waals surface area contributed by atoms with Gasteiger partial charge in [0.25, 0.3) is 0 Å². The third-order valence-electron chi connectivity index (χ3n) is 4.22. The van der Waals surface area contributed by atoms with Crippen LogP contribution in [0.15, 0.2) is 24.3 Å². The minimum Gasteiger partial charge on any atom is -0.490 e. The summed E-state index contributed by atoms with van der Waals surface area (Å²) in [6.45, 7) is 6.73. The summed E-state index contributed by atoms with van der Waals surface area (Å²) in [6.07, 6.45) is 4.51. The highest BCUT2D eigenvalue weighted by molar-refractivity contribution is 5.31. The van der Waals surface area contributed by atoms with Gasteiger partial charge >= 0.3 is 0 Å². The predicted molar refractivity (Wildman–Crippen MR) is 70.4 cm³/mol. The van der Waals surface area contributed by atoms with Crippen LogP contribution in [0.4, 0.5) is 0 Å².